The smallest absolute Gasteiger partial charge is 0.131 e. The van der Waals surface area contributed by atoms with Crippen molar-refractivity contribution >= 4 is 23.3 Å². The number of nitrogens with zero attached hydrogens (tertiary/aromatic N) is 1. The number of hydrogen-bond donors (Lipinski definition) is 2. The van der Waals surface area contributed by atoms with Crippen LogP contribution in [0.5, 0.6) is 11.5 Å². The third-order valence-corrected chi connectivity index (χ3v) is 4.24. The molecule has 0 amide bonds. The fourth-order valence-electron chi connectivity index (χ4n) is 2.80. The van der Waals surface area contributed by atoms with Crippen molar-refractivity contribution in [3.05, 3.63) is 54.6 Å². The second-order valence-electron chi connectivity index (χ2n) is 6.78. The largest absolute Gasteiger partial charge is 0.497 e. The van der Waals surface area contributed by atoms with E-state index in [2.05, 4.69) is 5.32 Å². The van der Waals surface area contributed by atoms with E-state index >= 15 is 0 Å². The zero-order chi connectivity index (χ0) is 19.2. The van der Waals surface area contributed by atoms with Crippen LogP contribution < -0.4 is 14.8 Å². The van der Waals surface area contributed by atoms with Gasteiger partial charge >= 0.3 is 0 Å². The highest BCUT2D eigenvalue weighted by Gasteiger charge is 2.12. The van der Waals surface area contributed by atoms with Crippen LogP contribution in [0.4, 0.5) is 0 Å². The summed E-state index contributed by atoms with van der Waals surface area (Å²) in [6.45, 7) is 4.78. The maximum atomic E-state index is 10.2. The molecule has 3 aromatic rings. The van der Waals surface area contributed by atoms with E-state index in [9.17, 15) is 5.11 Å². The average molecular weight is 403 g/mol. The lowest BCUT2D eigenvalue weighted by atomic mass is 10.1. The van der Waals surface area contributed by atoms with E-state index in [1.165, 1.54) is 0 Å². The summed E-state index contributed by atoms with van der Waals surface area (Å²) in [7, 11) is 1.64. The Kier molecular flexibility index (Phi) is 8.05. The maximum absolute atomic E-state index is 10.2. The van der Waals surface area contributed by atoms with E-state index in [4.69, 9.17) is 14.5 Å². The van der Waals surface area contributed by atoms with Crippen LogP contribution in [-0.2, 0) is 0 Å². The van der Waals surface area contributed by atoms with Gasteiger partial charge in [-0.05, 0) is 12.1 Å². The highest BCUT2D eigenvalue weighted by atomic mass is 35.5. The van der Waals surface area contributed by atoms with Crippen LogP contribution in [0.15, 0.2) is 54.6 Å². The number of nitrogens with one attached hydrogen (secondary N) is 1. The van der Waals surface area contributed by atoms with Gasteiger partial charge in [-0.25, -0.2) is 4.98 Å². The van der Waals surface area contributed by atoms with Gasteiger partial charge < -0.3 is 19.9 Å². The Bertz CT molecular complexity index is 888. The van der Waals surface area contributed by atoms with E-state index in [1.54, 1.807) is 7.11 Å². The van der Waals surface area contributed by atoms with Gasteiger partial charge in [0.05, 0.1) is 18.3 Å². The topological polar surface area (TPSA) is 63.6 Å². The molecular weight excluding hydrogens is 376 g/mol. The summed E-state index contributed by atoms with van der Waals surface area (Å²) in [4.78, 5) is 4.77. The normalized spacial score (nSPS) is 11.9. The molecule has 0 saturated carbocycles. The molecule has 0 radical (unpaired) electrons. The van der Waals surface area contributed by atoms with Gasteiger partial charge in [0.25, 0.3) is 0 Å². The first-order valence-electron chi connectivity index (χ1n) is 9.15. The van der Waals surface area contributed by atoms with Gasteiger partial charge in [0.2, 0.25) is 0 Å². The SMILES string of the molecule is COc1ccc2c(OCC(O)CNC(C)C)cc(-c3ccccc3)nc2c1.Cl. The van der Waals surface area contributed by atoms with Crippen molar-refractivity contribution in [1.82, 2.24) is 10.3 Å². The minimum Gasteiger partial charge on any atom is -0.497 e. The predicted octanol–water partition coefficient (Wildman–Crippen LogP) is 4.07. The lowest BCUT2D eigenvalue weighted by molar-refractivity contribution is 0.105. The maximum Gasteiger partial charge on any atom is 0.131 e. The number of ether oxygens (including phenoxy) is 2. The van der Waals surface area contributed by atoms with Crippen molar-refractivity contribution in [2.24, 2.45) is 0 Å². The van der Waals surface area contributed by atoms with Gasteiger partial charge in [-0.1, -0.05) is 44.2 Å². The van der Waals surface area contributed by atoms with Gasteiger partial charge in [0.1, 0.15) is 24.2 Å². The minimum absolute atomic E-state index is 0. The van der Waals surface area contributed by atoms with Crippen molar-refractivity contribution in [2.75, 3.05) is 20.3 Å². The Balaban J connectivity index is 0.00000280. The molecule has 3 rings (SSSR count). The molecule has 28 heavy (non-hydrogen) atoms. The first kappa shape index (κ1) is 22.0. The van der Waals surface area contributed by atoms with Crippen LogP contribution in [0.1, 0.15) is 13.8 Å². The highest BCUT2D eigenvalue weighted by molar-refractivity contribution is 5.89. The van der Waals surface area contributed by atoms with Crippen LogP contribution in [0.3, 0.4) is 0 Å². The number of halogens is 1. The molecule has 150 valence electrons. The number of aromatic nitrogens is 1. The average Bonchev–Trinajstić information content (AvgIpc) is 2.70. The molecule has 5 nitrogen and oxygen atoms in total. The molecule has 0 fully saturated rings. The summed E-state index contributed by atoms with van der Waals surface area (Å²) >= 11 is 0. The van der Waals surface area contributed by atoms with Crippen molar-refractivity contribution in [2.45, 2.75) is 26.0 Å². The number of methoxy groups -OCH3 is 1. The lowest BCUT2D eigenvalue weighted by Gasteiger charge is -2.17. The second-order valence-corrected chi connectivity index (χ2v) is 6.78. The van der Waals surface area contributed by atoms with E-state index in [-0.39, 0.29) is 19.0 Å². The van der Waals surface area contributed by atoms with Crippen LogP contribution >= 0.6 is 12.4 Å². The summed E-state index contributed by atoms with van der Waals surface area (Å²) in [5, 5.41) is 14.3. The fourth-order valence-corrected chi connectivity index (χ4v) is 2.80. The van der Waals surface area contributed by atoms with Crippen molar-refractivity contribution in [1.29, 1.82) is 0 Å². The summed E-state index contributed by atoms with van der Waals surface area (Å²) in [5.74, 6) is 1.44. The zero-order valence-electron chi connectivity index (χ0n) is 16.4. The molecule has 0 aliphatic heterocycles. The van der Waals surface area contributed by atoms with E-state index < -0.39 is 6.10 Å². The number of aliphatic hydroxyl groups is 1. The Labute approximate surface area is 172 Å². The van der Waals surface area contributed by atoms with Crippen LogP contribution in [0, 0.1) is 0 Å². The standard InChI is InChI=1S/C22H26N2O3.ClH/c1-15(2)23-13-17(25)14-27-22-12-20(16-7-5-4-6-8-16)24-21-11-18(26-3)9-10-19(21)22;/h4-12,15,17,23,25H,13-14H2,1-3H3;1H. The minimum atomic E-state index is -0.589. The summed E-state index contributed by atoms with van der Waals surface area (Å²) in [6, 6.07) is 17.9. The Morgan fingerprint density at radius 3 is 2.50 bits per heavy atom. The molecule has 1 heterocycles. The van der Waals surface area contributed by atoms with E-state index in [0.717, 1.165) is 27.9 Å². The monoisotopic (exact) mass is 402 g/mol. The number of benzene rings is 2. The van der Waals surface area contributed by atoms with Crippen LogP contribution in [-0.4, -0.2) is 42.5 Å². The first-order chi connectivity index (χ1) is 13.1. The van der Waals surface area contributed by atoms with Crippen molar-refractivity contribution in [3.8, 4) is 22.8 Å². The molecule has 0 aliphatic carbocycles. The molecule has 0 saturated heterocycles. The molecule has 1 unspecified atom stereocenters. The van der Waals surface area contributed by atoms with Gasteiger partial charge in [-0.2, -0.15) is 0 Å². The van der Waals surface area contributed by atoms with Crippen molar-refractivity contribution < 1.29 is 14.6 Å². The van der Waals surface area contributed by atoms with Crippen LogP contribution in [0.2, 0.25) is 0 Å². The Morgan fingerprint density at radius 2 is 1.82 bits per heavy atom. The molecule has 2 aromatic carbocycles. The molecular formula is C22H27ClN2O3. The third kappa shape index (κ3) is 5.58. The summed E-state index contributed by atoms with van der Waals surface area (Å²) in [6.07, 6.45) is -0.589. The summed E-state index contributed by atoms with van der Waals surface area (Å²) in [5.41, 5.74) is 2.62. The van der Waals surface area contributed by atoms with E-state index in [1.807, 2.05) is 68.4 Å². The number of fused-ring (bicyclic) bond motifs is 1. The molecule has 0 bridgehead atoms. The number of hydrogen-bond acceptors (Lipinski definition) is 5. The molecule has 2 N–H and O–H groups in total. The van der Waals surface area contributed by atoms with Crippen molar-refractivity contribution in [3.63, 3.8) is 0 Å². The highest BCUT2D eigenvalue weighted by Crippen LogP contribution is 2.32. The number of aliphatic hydroxyl groups excluding tert-OH is 1. The van der Waals surface area contributed by atoms with Gasteiger partial charge in [0.15, 0.2) is 0 Å². The quantitative estimate of drug-likeness (QED) is 0.594. The summed E-state index contributed by atoms with van der Waals surface area (Å²) < 4.78 is 11.3. The molecule has 0 aliphatic rings. The molecule has 0 spiro atoms. The molecule has 1 atom stereocenters. The lowest BCUT2D eigenvalue weighted by Crippen LogP contribution is -2.35. The Hall–Kier alpha value is -2.34. The Morgan fingerprint density at radius 1 is 1.07 bits per heavy atom. The van der Waals surface area contributed by atoms with Gasteiger partial charge in [-0.3, -0.25) is 0 Å². The molecule has 6 heteroatoms. The van der Waals surface area contributed by atoms with Crippen LogP contribution in [0.25, 0.3) is 22.2 Å². The molecule has 1 aromatic heterocycles. The predicted molar refractivity (Wildman–Crippen MR) is 116 cm³/mol. The number of pyridine rings is 1. The third-order valence-electron chi connectivity index (χ3n) is 4.24. The van der Waals surface area contributed by atoms with Gasteiger partial charge in [0, 0.05) is 35.7 Å². The first-order valence-corrected chi connectivity index (χ1v) is 9.15. The van der Waals surface area contributed by atoms with E-state index in [0.29, 0.717) is 18.3 Å². The second kappa shape index (κ2) is 10.3. The zero-order valence-corrected chi connectivity index (χ0v) is 17.2. The fraction of sp³-hybridized carbons (Fsp3) is 0.318. The van der Waals surface area contributed by atoms with Gasteiger partial charge in [-0.15, -0.1) is 12.4 Å². The number of rotatable bonds is 8.